The molecule has 1 spiro atoms. The highest BCUT2D eigenvalue weighted by atomic mass is 28.4. The van der Waals surface area contributed by atoms with Crippen molar-refractivity contribution in [3.63, 3.8) is 0 Å². The fourth-order valence-corrected chi connectivity index (χ4v) is 10.2. The number of carbonyl (C=O) groups excluding carboxylic acids is 3. The molecule has 254 valence electrons. The standard InChI is InChI=1S/C39H42FN3O5Si/c1-28-37(49(2,3)40)35(24-36(46)41(21-22-44)25-29-13-7-4-8-14-29)48-39(28)33-23-32(43(27-45)31-17-11-6-12-18-31)19-20-34(33)42(38(39)47)26-30-15-9-5-10-16-30/h4-20,23,27-28,35,37,44H,21-22,24-26H2,1-3H3/t28-,35+,37-,39+/m0/s1. The number of fused-ring (bicyclic) bond motifs is 2. The van der Waals surface area contributed by atoms with Gasteiger partial charge in [0.05, 0.1) is 31.4 Å². The van der Waals surface area contributed by atoms with Gasteiger partial charge in [-0.05, 0) is 54.6 Å². The van der Waals surface area contributed by atoms with Crippen molar-refractivity contribution in [2.45, 2.75) is 56.8 Å². The van der Waals surface area contributed by atoms with Crippen LogP contribution in [-0.4, -0.2) is 55.9 Å². The van der Waals surface area contributed by atoms with E-state index in [9.17, 15) is 19.5 Å². The van der Waals surface area contributed by atoms with E-state index in [0.717, 1.165) is 17.5 Å². The van der Waals surface area contributed by atoms with Crippen LogP contribution in [0.5, 0.6) is 0 Å². The summed E-state index contributed by atoms with van der Waals surface area (Å²) < 4.78 is 23.4. The van der Waals surface area contributed by atoms with Gasteiger partial charge in [0, 0.05) is 41.5 Å². The van der Waals surface area contributed by atoms with Gasteiger partial charge in [-0.15, -0.1) is 0 Å². The molecule has 0 unspecified atom stereocenters. The van der Waals surface area contributed by atoms with Gasteiger partial charge in [0.15, 0.2) is 5.60 Å². The van der Waals surface area contributed by atoms with Gasteiger partial charge in [0.2, 0.25) is 20.7 Å². The van der Waals surface area contributed by atoms with Crippen LogP contribution >= 0.6 is 0 Å². The fraction of sp³-hybridized carbons (Fsp3) is 0.308. The van der Waals surface area contributed by atoms with E-state index in [-0.39, 0.29) is 44.5 Å². The van der Waals surface area contributed by atoms with Gasteiger partial charge in [-0.2, -0.15) is 0 Å². The molecule has 0 aliphatic carbocycles. The lowest BCUT2D eigenvalue weighted by Crippen LogP contribution is -2.45. The summed E-state index contributed by atoms with van der Waals surface area (Å²) in [6.07, 6.45) is -0.305. The Kier molecular flexibility index (Phi) is 9.83. The highest BCUT2D eigenvalue weighted by Gasteiger charge is 2.67. The highest BCUT2D eigenvalue weighted by Crippen LogP contribution is 2.61. The molecule has 10 heteroatoms. The first-order valence-electron chi connectivity index (χ1n) is 16.7. The minimum Gasteiger partial charge on any atom is -0.395 e. The van der Waals surface area contributed by atoms with Gasteiger partial charge >= 0.3 is 0 Å². The number of hydrogen-bond donors (Lipinski definition) is 1. The Morgan fingerprint density at radius 3 is 2.14 bits per heavy atom. The number of rotatable bonds is 12. The molecule has 4 aromatic carbocycles. The van der Waals surface area contributed by atoms with Crippen molar-refractivity contribution < 1.29 is 28.3 Å². The molecule has 2 aliphatic rings. The maximum atomic E-state index is 16.5. The van der Waals surface area contributed by atoms with Crippen molar-refractivity contribution in [2.75, 3.05) is 23.0 Å². The van der Waals surface area contributed by atoms with Crippen LogP contribution in [0.1, 0.15) is 30.0 Å². The summed E-state index contributed by atoms with van der Waals surface area (Å²) >= 11 is 0. The molecule has 6 rings (SSSR count). The summed E-state index contributed by atoms with van der Waals surface area (Å²) in [5.41, 5.74) is 1.90. The van der Waals surface area contributed by atoms with E-state index in [0.29, 0.717) is 22.6 Å². The van der Waals surface area contributed by atoms with Gasteiger partial charge < -0.3 is 23.8 Å². The molecule has 0 bridgehead atoms. The van der Waals surface area contributed by atoms with E-state index < -0.39 is 31.6 Å². The Balaban J connectivity index is 1.42. The average Bonchev–Trinajstić information content (AvgIpc) is 3.52. The number of aliphatic hydroxyl groups is 1. The molecular weight excluding hydrogens is 638 g/mol. The molecule has 1 N–H and O–H groups in total. The maximum absolute atomic E-state index is 16.5. The summed E-state index contributed by atoms with van der Waals surface area (Å²) in [7, 11) is -3.56. The Labute approximate surface area is 287 Å². The zero-order chi connectivity index (χ0) is 34.8. The number of hydrogen-bond acceptors (Lipinski definition) is 5. The summed E-state index contributed by atoms with van der Waals surface area (Å²) in [6.45, 7) is 5.50. The number of nitrogens with zero attached hydrogens (tertiary/aromatic N) is 3. The quantitative estimate of drug-likeness (QED) is 0.102. The van der Waals surface area contributed by atoms with Crippen LogP contribution < -0.4 is 9.80 Å². The number of carbonyl (C=O) groups is 3. The largest absolute Gasteiger partial charge is 0.395 e. The predicted molar refractivity (Wildman–Crippen MR) is 190 cm³/mol. The summed E-state index contributed by atoms with van der Waals surface area (Å²) in [4.78, 5) is 46.0. The Morgan fingerprint density at radius 2 is 1.55 bits per heavy atom. The number of anilines is 3. The summed E-state index contributed by atoms with van der Waals surface area (Å²) in [5, 5.41) is 9.83. The molecule has 2 aliphatic heterocycles. The van der Waals surface area contributed by atoms with Gasteiger partial charge in [-0.1, -0.05) is 85.8 Å². The lowest BCUT2D eigenvalue weighted by Gasteiger charge is -2.31. The molecule has 1 fully saturated rings. The molecule has 4 aromatic rings. The lowest BCUT2D eigenvalue weighted by molar-refractivity contribution is -0.150. The monoisotopic (exact) mass is 679 g/mol. The van der Waals surface area contributed by atoms with E-state index in [1.165, 1.54) is 4.90 Å². The minimum atomic E-state index is -3.56. The molecule has 1 saturated heterocycles. The molecule has 4 atom stereocenters. The molecule has 0 radical (unpaired) electrons. The van der Waals surface area contributed by atoms with E-state index in [4.69, 9.17) is 4.74 Å². The van der Waals surface area contributed by atoms with E-state index >= 15 is 4.11 Å². The third-order valence-electron chi connectivity index (χ3n) is 9.86. The number of ether oxygens (including phenoxy) is 1. The molecule has 8 nitrogen and oxygen atoms in total. The lowest BCUT2D eigenvalue weighted by atomic mass is 9.82. The second-order valence-corrected chi connectivity index (χ2v) is 17.2. The zero-order valence-corrected chi connectivity index (χ0v) is 29.0. The SMILES string of the molecule is C[C@H]1[C@H]([Si](C)(C)F)[C@@H](CC(=O)N(CCO)Cc2ccccc2)O[C@]12C(=O)N(Cc1ccccc1)c1ccc(N(C=O)c3ccccc3)cc12. The molecular formula is C39H42FN3O5Si. The minimum absolute atomic E-state index is 0.110. The summed E-state index contributed by atoms with van der Waals surface area (Å²) in [5.74, 6) is -1.23. The number of para-hydroxylation sites is 1. The Bertz CT molecular complexity index is 1790. The Morgan fingerprint density at radius 1 is 0.939 bits per heavy atom. The normalized spacial score (nSPS) is 21.5. The first kappa shape index (κ1) is 34.2. The van der Waals surface area contributed by atoms with Crippen LogP contribution in [0.4, 0.5) is 21.2 Å². The van der Waals surface area contributed by atoms with Gasteiger partial charge in [-0.3, -0.25) is 19.3 Å². The van der Waals surface area contributed by atoms with Crippen LogP contribution in [0.3, 0.4) is 0 Å². The number of aliphatic hydroxyl groups excluding tert-OH is 1. The first-order valence-corrected chi connectivity index (χ1v) is 19.6. The Hall–Kier alpha value is -4.64. The molecule has 0 aromatic heterocycles. The number of halogens is 1. The van der Waals surface area contributed by atoms with E-state index in [1.54, 1.807) is 35.0 Å². The van der Waals surface area contributed by atoms with E-state index in [1.807, 2.05) is 104 Å². The van der Waals surface area contributed by atoms with Crippen molar-refractivity contribution in [1.82, 2.24) is 4.90 Å². The van der Waals surface area contributed by atoms with Crippen LogP contribution in [0.15, 0.2) is 109 Å². The van der Waals surface area contributed by atoms with Crippen LogP contribution in [-0.2, 0) is 37.8 Å². The first-order chi connectivity index (χ1) is 23.6. The van der Waals surface area contributed by atoms with Crippen LogP contribution in [0.2, 0.25) is 18.6 Å². The topological polar surface area (TPSA) is 90.4 Å². The van der Waals surface area contributed by atoms with Crippen LogP contribution in [0, 0.1) is 5.92 Å². The second kappa shape index (κ2) is 14.1. The number of benzene rings is 4. The fourth-order valence-electron chi connectivity index (χ4n) is 7.69. The van der Waals surface area contributed by atoms with Crippen molar-refractivity contribution in [3.8, 4) is 0 Å². The van der Waals surface area contributed by atoms with Crippen molar-refractivity contribution >= 4 is 43.7 Å². The van der Waals surface area contributed by atoms with Gasteiger partial charge in [-0.25, -0.2) is 0 Å². The molecule has 0 saturated carbocycles. The van der Waals surface area contributed by atoms with Crippen LogP contribution in [0.25, 0.3) is 0 Å². The van der Waals surface area contributed by atoms with Gasteiger partial charge in [0.25, 0.3) is 5.91 Å². The smallest absolute Gasteiger partial charge is 0.264 e. The molecule has 49 heavy (non-hydrogen) atoms. The maximum Gasteiger partial charge on any atom is 0.264 e. The highest BCUT2D eigenvalue weighted by molar-refractivity contribution is 6.72. The predicted octanol–water partition coefficient (Wildman–Crippen LogP) is 6.71. The van der Waals surface area contributed by atoms with Crippen molar-refractivity contribution in [1.29, 1.82) is 0 Å². The zero-order valence-electron chi connectivity index (χ0n) is 28.0. The average molecular weight is 680 g/mol. The molecule has 3 amide bonds. The third kappa shape index (κ3) is 6.56. The van der Waals surface area contributed by atoms with Crippen molar-refractivity contribution in [3.05, 3.63) is 126 Å². The van der Waals surface area contributed by atoms with Gasteiger partial charge in [0.1, 0.15) is 0 Å². The second-order valence-electron chi connectivity index (χ2n) is 13.4. The third-order valence-corrected chi connectivity index (χ3v) is 12.3. The molecule has 2 heterocycles. The summed E-state index contributed by atoms with van der Waals surface area (Å²) in [6, 6.07) is 33.7. The van der Waals surface area contributed by atoms with E-state index in [2.05, 4.69) is 0 Å². The van der Waals surface area contributed by atoms with Crippen molar-refractivity contribution in [2.24, 2.45) is 5.92 Å². The number of amides is 3.